The Balaban J connectivity index is 4.45. The van der Waals surface area contributed by atoms with Crippen molar-refractivity contribution in [3.63, 3.8) is 0 Å². The highest BCUT2D eigenvalue weighted by atomic mass is 35.5. The summed E-state index contributed by atoms with van der Waals surface area (Å²) in [5.74, 6) is 0. The molecular weight excluding hydrogens is 250 g/mol. The van der Waals surface area contributed by atoms with Gasteiger partial charge in [0, 0.05) is 0 Å². The maximum atomic E-state index is 5.73. The molecule has 0 bridgehead atoms. The SMILES string of the molecule is CC(C)OP(=S)(OC(C)C)C(Cl)Cl. The summed E-state index contributed by atoms with van der Waals surface area (Å²) in [7, 11) is 0. The number of rotatable bonds is 5. The zero-order valence-corrected chi connectivity index (χ0v) is 11.4. The highest BCUT2D eigenvalue weighted by Gasteiger charge is 2.29. The van der Waals surface area contributed by atoms with E-state index in [4.69, 9.17) is 44.1 Å². The molecule has 0 atom stereocenters. The fraction of sp³-hybridized carbons (Fsp3) is 1.00. The summed E-state index contributed by atoms with van der Waals surface area (Å²) in [6, 6.07) is 0. The van der Waals surface area contributed by atoms with Gasteiger partial charge in [-0.05, 0) is 39.5 Å². The van der Waals surface area contributed by atoms with Crippen LogP contribution in [0, 0.1) is 0 Å². The minimum Gasteiger partial charge on any atom is -0.325 e. The van der Waals surface area contributed by atoms with Crippen molar-refractivity contribution in [2.24, 2.45) is 0 Å². The van der Waals surface area contributed by atoms with Gasteiger partial charge in [-0.2, -0.15) is 0 Å². The monoisotopic (exact) mass is 264 g/mol. The predicted octanol–water partition coefficient (Wildman–Crippen LogP) is 3.91. The molecule has 0 spiro atoms. The highest BCUT2D eigenvalue weighted by Crippen LogP contribution is 2.58. The predicted molar refractivity (Wildman–Crippen MR) is 62.2 cm³/mol. The van der Waals surface area contributed by atoms with Gasteiger partial charge in [0.1, 0.15) is 0 Å². The lowest BCUT2D eigenvalue weighted by Gasteiger charge is -2.27. The van der Waals surface area contributed by atoms with Gasteiger partial charge in [-0.3, -0.25) is 0 Å². The zero-order valence-electron chi connectivity index (χ0n) is 8.16. The van der Waals surface area contributed by atoms with Crippen LogP contribution in [0.4, 0.5) is 0 Å². The first-order chi connectivity index (χ1) is 5.78. The van der Waals surface area contributed by atoms with Crippen molar-refractivity contribution in [1.82, 2.24) is 0 Å². The van der Waals surface area contributed by atoms with Gasteiger partial charge in [-0.25, -0.2) is 0 Å². The van der Waals surface area contributed by atoms with Gasteiger partial charge >= 0.3 is 0 Å². The van der Waals surface area contributed by atoms with Gasteiger partial charge in [-0.1, -0.05) is 23.2 Å². The molecule has 0 saturated heterocycles. The van der Waals surface area contributed by atoms with E-state index in [0.29, 0.717) is 0 Å². The van der Waals surface area contributed by atoms with Gasteiger partial charge in [0.05, 0.1) is 12.2 Å². The van der Waals surface area contributed by atoms with Crippen LogP contribution in [0.15, 0.2) is 0 Å². The summed E-state index contributed by atoms with van der Waals surface area (Å²) in [5.41, 5.74) is 0. The van der Waals surface area contributed by atoms with Crippen LogP contribution in [0.3, 0.4) is 0 Å². The molecule has 0 aromatic carbocycles. The second-order valence-electron chi connectivity index (χ2n) is 3.13. The van der Waals surface area contributed by atoms with Gasteiger partial charge in [-0.15, -0.1) is 0 Å². The van der Waals surface area contributed by atoms with Crippen LogP contribution < -0.4 is 0 Å². The van der Waals surface area contributed by atoms with Crippen LogP contribution in [-0.2, 0) is 20.9 Å². The Labute approximate surface area is 95.1 Å². The smallest absolute Gasteiger partial charge is 0.222 e. The third-order valence-electron chi connectivity index (χ3n) is 0.955. The van der Waals surface area contributed by atoms with Gasteiger partial charge in [0.25, 0.3) is 0 Å². The van der Waals surface area contributed by atoms with Crippen molar-refractivity contribution in [1.29, 1.82) is 0 Å². The summed E-state index contributed by atoms with van der Waals surface area (Å²) >= 11 is 16.6. The fourth-order valence-corrected chi connectivity index (χ4v) is 3.70. The van der Waals surface area contributed by atoms with E-state index < -0.39 is 11.1 Å². The topological polar surface area (TPSA) is 18.5 Å². The summed E-state index contributed by atoms with van der Waals surface area (Å²) in [6.07, 6.45) is -0.0471. The van der Waals surface area contributed by atoms with Crippen LogP contribution in [-0.4, -0.2) is 16.8 Å². The fourth-order valence-electron chi connectivity index (χ4n) is 0.705. The van der Waals surface area contributed by atoms with Crippen LogP contribution in [0.1, 0.15) is 27.7 Å². The minimum atomic E-state index is -2.54. The van der Waals surface area contributed by atoms with E-state index in [2.05, 4.69) is 0 Å². The van der Waals surface area contributed by atoms with Crippen molar-refractivity contribution in [2.45, 2.75) is 44.5 Å². The Morgan fingerprint density at radius 1 is 1.00 bits per heavy atom. The van der Waals surface area contributed by atoms with E-state index in [9.17, 15) is 0 Å². The molecule has 0 unspecified atom stereocenters. The molecule has 0 aliphatic carbocycles. The maximum Gasteiger partial charge on any atom is 0.222 e. The Kier molecular flexibility index (Phi) is 6.41. The molecule has 0 amide bonds. The molecule has 2 nitrogen and oxygen atoms in total. The van der Waals surface area contributed by atoms with E-state index >= 15 is 0 Å². The molecule has 0 radical (unpaired) electrons. The molecule has 0 N–H and O–H groups in total. The first kappa shape index (κ1) is 14.2. The lowest BCUT2D eigenvalue weighted by atomic mass is 10.5. The third kappa shape index (κ3) is 5.56. The van der Waals surface area contributed by atoms with Gasteiger partial charge in [0.2, 0.25) is 6.49 Å². The van der Waals surface area contributed by atoms with Gasteiger partial charge in [0.15, 0.2) is 4.58 Å². The molecule has 6 heteroatoms. The summed E-state index contributed by atoms with van der Waals surface area (Å²) < 4.78 is 10.1. The van der Waals surface area contributed by atoms with Crippen LogP contribution in [0.25, 0.3) is 0 Å². The molecule has 13 heavy (non-hydrogen) atoms. The normalized spacial score (nSPS) is 13.3. The zero-order chi connectivity index (χ0) is 10.6. The number of hydrogen-bond acceptors (Lipinski definition) is 3. The van der Waals surface area contributed by atoms with Crippen molar-refractivity contribution in [3.05, 3.63) is 0 Å². The van der Waals surface area contributed by atoms with E-state index in [1.54, 1.807) is 0 Å². The molecule has 0 aliphatic rings. The number of alkyl halides is 2. The molecule has 0 aromatic heterocycles. The van der Waals surface area contributed by atoms with Crippen LogP contribution >= 0.6 is 29.7 Å². The molecule has 0 aliphatic heterocycles. The first-order valence-electron chi connectivity index (χ1n) is 4.02. The Hall–Kier alpha value is 1.15. The molecular formula is C7H15Cl2O2PS. The van der Waals surface area contributed by atoms with Crippen molar-refractivity contribution >= 4 is 41.5 Å². The second-order valence-corrected chi connectivity index (χ2v) is 8.38. The van der Waals surface area contributed by atoms with Crippen molar-refractivity contribution in [2.75, 3.05) is 0 Å². The summed E-state index contributed by atoms with van der Waals surface area (Å²) in [4.78, 5) is 0. The summed E-state index contributed by atoms with van der Waals surface area (Å²) in [5, 5.41) is 0. The average molecular weight is 265 g/mol. The van der Waals surface area contributed by atoms with Gasteiger partial charge < -0.3 is 9.05 Å². The van der Waals surface area contributed by atoms with Crippen molar-refractivity contribution < 1.29 is 9.05 Å². The second kappa shape index (κ2) is 5.89. The lowest BCUT2D eigenvalue weighted by molar-refractivity contribution is 0.176. The molecule has 0 aromatic rings. The van der Waals surface area contributed by atoms with Crippen LogP contribution in [0.2, 0.25) is 0 Å². The van der Waals surface area contributed by atoms with E-state index in [0.717, 1.165) is 0 Å². The van der Waals surface area contributed by atoms with Crippen molar-refractivity contribution in [3.8, 4) is 0 Å². The Bertz CT molecular complexity index is 183. The third-order valence-corrected chi connectivity index (χ3v) is 6.25. The molecule has 0 rings (SSSR count). The number of hydrogen-bond donors (Lipinski definition) is 0. The minimum absolute atomic E-state index is 0.0235. The summed E-state index contributed by atoms with van der Waals surface area (Å²) in [6.45, 7) is 4.96. The average Bonchev–Trinajstić information content (AvgIpc) is 1.82. The largest absolute Gasteiger partial charge is 0.325 e. The molecule has 0 heterocycles. The Morgan fingerprint density at radius 2 is 1.31 bits per heavy atom. The quantitative estimate of drug-likeness (QED) is 0.554. The lowest BCUT2D eigenvalue weighted by Crippen LogP contribution is -2.11. The number of halogens is 2. The molecule has 0 saturated carbocycles. The highest BCUT2D eigenvalue weighted by molar-refractivity contribution is 8.11. The van der Waals surface area contributed by atoms with E-state index in [1.165, 1.54) is 0 Å². The first-order valence-corrected chi connectivity index (χ1v) is 7.60. The maximum absolute atomic E-state index is 5.73. The van der Waals surface area contributed by atoms with E-state index in [1.807, 2.05) is 27.7 Å². The molecule has 0 fully saturated rings. The Morgan fingerprint density at radius 3 is 1.46 bits per heavy atom. The van der Waals surface area contributed by atoms with Crippen LogP contribution in [0.5, 0.6) is 0 Å². The van der Waals surface area contributed by atoms with E-state index in [-0.39, 0.29) is 12.2 Å². The standard InChI is InChI=1S/C7H15Cl2O2PS/c1-5(2)10-12(13,7(8)9)11-6(3)4/h5-7H,1-4H3. The molecule has 80 valence electrons.